The number of carbonyl (C=O) groups excluding carboxylic acids is 1. The number of aromatic nitrogens is 1. The zero-order chi connectivity index (χ0) is 12.3. The fourth-order valence-electron chi connectivity index (χ4n) is 1.93. The van der Waals surface area contributed by atoms with Gasteiger partial charge >= 0.3 is 0 Å². The van der Waals surface area contributed by atoms with E-state index in [-0.39, 0.29) is 5.91 Å². The van der Waals surface area contributed by atoms with E-state index in [0.717, 1.165) is 31.6 Å². The Bertz CT molecular complexity index is 384. The molecule has 0 unspecified atom stereocenters. The third-order valence-electron chi connectivity index (χ3n) is 2.95. The molecule has 1 amide bonds. The second-order valence-electron chi connectivity index (χ2n) is 4.28. The van der Waals surface area contributed by atoms with Crippen LogP contribution in [0.1, 0.15) is 37.2 Å². The van der Waals surface area contributed by atoms with Gasteiger partial charge in [0, 0.05) is 19.1 Å². The summed E-state index contributed by atoms with van der Waals surface area (Å²) in [7, 11) is 0. The number of pyridine rings is 1. The van der Waals surface area contributed by atoms with Crippen molar-refractivity contribution in [3.63, 3.8) is 0 Å². The van der Waals surface area contributed by atoms with Gasteiger partial charge in [0.05, 0.1) is 11.9 Å². The summed E-state index contributed by atoms with van der Waals surface area (Å²) in [5.74, 6) is 0.0537. The summed E-state index contributed by atoms with van der Waals surface area (Å²) < 4.78 is 0. The molecule has 4 heteroatoms. The van der Waals surface area contributed by atoms with Crippen LogP contribution >= 0.6 is 0 Å². The summed E-state index contributed by atoms with van der Waals surface area (Å²) in [6.07, 6.45) is 3.99. The summed E-state index contributed by atoms with van der Waals surface area (Å²) in [6.45, 7) is 5.67. The van der Waals surface area contributed by atoms with E-state index in [1.165, 1.54) is 0 Å². The number of rotatable bonds is 5. The fraction of sp³-hybridized carbons (Fsp3) is 0.538. The second kappa shape index (κ2) is 5.17. The van der Waals surface area contributed by atoms with Crippen molar-refractivity contribution in [2.45, 2.75) is 32.7 Å². The molecule has 17 heavy (non-hydrogen) atoms. The Labute approximate surface area is 102 Å². The van der Waals surface area contributed by atoms with Crippen LogP contribution in [0.4, 0.5) is 5.69 Å². The number of hydrogen-bond acceptors (Lipinski definition) is 3. The minimum atomic E-state index is 0.0537. The van der Waals surface area contributed by atoms with E-state index in [9.17, 15) is 4.79 Å². The molecule has 4 nitrogen and oxygen atoms in total. The SMILES string of the molecule is CCNc1ccc(C(=O)N(CC)C2CC2)nc1. The number of carbonyl (C=O) groups is 1. The quantitative estimate of drug-likeness (QED) is 0.847. The van der Waals surface area contributed by atoms with Crippen LogP contribution in [0, 0.1) is 0 Å². The van der Waals surface area contributed by atoms with Crippen LogP contribution in [0.2, 0.25) is 0 Å². The lowest BCUT2D eigenvalue weighted by atomic mass is 10.3. The predicted molar refractivity (Wildman–Crippen MR) is 68.1 cm³/mol. The maximum absolute atomic E-state index is 12.2. The van der Waals surface area contributed by atoms with E-state index in [1.807, 2.05) is 24.8 Å². The Kier molecular flexibility index (Phi) is 3.61. The molecule has 0 bridgehead atoms. The van der Waals surface area contributed by atoms with Gasteiger partial charge in [0.2, 0.25) is 0 Å². The van der Waals surface area contributed by atoms with Gasteiger partial charge in [0.25, 0.3) is 5.91 Å². The number of hydrogen-bond donors (Lipinski definition) is 1. The summed E-state index contributed by atoms with van der Waals surface area (Å²) in [6, 6.07) is 4.15. The molecule has 92 valence electrons. The van der Waals surface area contributed by atoms with Gasteiger partial charge in [-0.15, -0.1) is 0 Å². The molecule has 1 saturated carbocycles. The van der Waals surface area contributed by atoms with Gasteiger partial charge < -0.3 is 10.2 Å². The molecule has 1 aromatic rings. The predicted octanol–water partition coefficient (Wildman–Crippen LogP) is 2.14. The minimum absolute atomic E-state index is 0.0537. The summed E-state index contributed by atoms with van der Waals surface area (Å²) in [5.41, 5.74) is 1.50. The van der Waals surface area contributed by atoms with Gasteiger partial charge in [-0.2, -0.15) is 0 Å². The van der Waals surface area contributed by atoms with Gasteiger partial charge in [0.1, 0.15) is 5.69 Å². The van der Waals surface area contributed by atoms with E-state index < -0.39 is 0 Å². The maximum atomic E-state index is 12.2. The first kappa shape index (κ1) is 11.9. The molecule has 1 fully saturated rings. The second-order valence-corrected chi connectivity index (χ2v) is 4.28. The molecule has 0 atom stereocenters. The Hall–Kier alpha value is -1.58. The molecule has 2 rings (SSSR count). The molecular formula is C13H19N3O. The maximum Gasteiger partial charge on any atom is 0.272 e. The topological polar surface area (TPSA) is 45.2 Å². The number of anilines is 1. The van der Waals surface area contributed by atoms with Crippen LogP contribution in [0.15, 0.2) is 18.3 Å². The van der Waals surface area contributed by atoms with Crippen LogP contribution in [-0.2, 0) is 0 Å². The average Bonchev–Trinajstić information content (AvgIpc) is 3.16. The minimum Gasteiger partial charge on any atom is -0.384 e. The Morgan fingerprint density at radius 1 is 1.47 bits per heavy atom. The number of nitrogens with zero attached hydrogens (tertiary/aromatic N) is 2. The lowest BCUT2D eigenvalue weighted by molar-refractivity contribution is 0.0746. The summed E-state index contributed by atoms with van der Waals surface area (Å²) >= 11 is 0. The molecule has 0 saturated heterocycles. The van der Waals surface area contributed by atoms with Crippen LogP contribution in [0.25, 0.3) is 0 Å². The first-order valence-corrected chi connectivity index (χ1v) is 6.27. The Morgan fingerprint density at radius 3 is 2.71 bits per heavy atom. The van der Waals surface area contributed by atoms with Gasteiger partial charge in [-0.05, 0) is 38.8 Å². The molecule has 0 radical (unpaired) electrons. The molecule has 1 aliphatic rings. The van der Waals surface area contributed by atoms with E-state index in [2.05, 4.69) is 10.3 Å². The van der Waals surface area contributed by atoms with Crippen molar-refractivity contribution in [1.29, 1.82) is 0 Å². The summed E-state index contributed by atoms with van der Waals surface area (Å²) in [5, 5.41) is 3.16. The molecule has 1 aliphatic carbocycles. The van der Waals surface area contributed by atoms with Crippen molar-refractivity contribution in [3.8, 4) is 0 Å². The number of amides is 1. The fourth-order valence-corrected chi connectivity index (χ4v) is 1.93. The van der Waals surface area contributed by atoms with Crippen LogP contribution < -0.4 is 5.32 Å². The molecule has 1 aromatic heterocycles. The molecule has 1 heterocycles. The zero-order valence-electron chi connectivity index (χ0n) is 10.4. The van der Waals surface area contributed by atoms with Crippen LogP contribution in [0.3, 0.4) is 0 Å². The first-order valence-electron chi connectivity index (χ1n) is 6.27. The van der Waals surface area contributed by atoms with Crippen molar-refractivity contribution in [1.82, 2.24) is 9.88 Å². The Balaban J connectivity index is 2.07. The Morgan fingerprint density at radius 2 is 2.24 bits per heavy atom. The zero-order valence-corrected chi connectivity index (χ0v) is 10.4. The lowest BCUT2D eigenvalue weighted by Crippen LogP contribution is -2.33. The largest absolute Gasteiger partial charge is 0.384 e. The van der Waals surface area contributed by atoms with E-state index >= 15 is 0 Å². The first-order chi connectivity index (χ1) is 8.26. The van der Waals surface area contributed by atoms with Gasteiger partial charge in [0.15, 0.2) is 0 Å². The third kappa shape index (κ3) is 2.75. The van der Waals surface area contributed by atoms with Crippen molar-refractivity contribution >= 4 is 11.6 Å². The van der Waals surface area contributed by atoms with E-state index in [1.54, 1.807) is 12.3 Å². The van der Waals surface area contributed by atoms with Gasteiger partial charge in [-0.1, -0.05) is 0 Å². The van der Waals surface area contributed by atoms with Crippen LogP contribution in [0.5, 0.6) is 0 Å². The smallest absolute Gasteiger partial charge is 0.272 e. The van der Waals surface area contributed by atoms with Gasteiger partial charge in [-0.25, -0.2) is 4.98 Å². The highest BCUT2D eigenvalue weighted by Crippen LogP contribution is 2.27. The van der Waals surface area contributed by atoms with Crippen LogP contribution in [-0.4, -0.2) is 34.9 Å². The highest BCUT2D eigenvalue weighted by atomic mass is 16.2. The van der Waals surface area contributed by atoms with E-state index in [4.69, 9.17) is 0 Å². The van der Waals surface area contributed by atoms with Crippen molar-refractivity contribution < 1.29 is 4.79 Å². The van der Waals surface area contributed by atoms with Crippen molar-refractivity contribution in [2.75, 3.05) is 18.4 Å². The molecule has 1 N–H and O–H groups in total. The monoisotopic (exact) mass is 233 g/mol. The highest BCUT2D eigenvalue weighted by molar-refractivity contribution is 5.92. The molecular weight excluding hydrogens is 214 g/mol. The van der Waals surface area contributed by atoms with Crippen molar-refractivity contribution in [2.24, 2.45) is 0 Å². The summed E-state index contributed by atoms with van der Waals surface area (Å²) in [4.78, 5) is 18.3. The average molecular weight is 233 g/mol. The highest BCUT2D eigenvalue weighted by Gasteiger charge is 2.32. The van der Waals surface area contributed by atoms with Gasteiger partial charge in [-0.3, -0.25) is 4.79 Å². The lowest BCUT2D eigenvalue weighted by Gasteiger charge is -2.19. The van der Waals surface area contributed by atoms with E-state index in [0.29, 0.717) is 11.7 Å². The normalized spacial score (nSPS) is 14.5. The molecule has 0 aliphatic heterocycles. The molecule has 0 aromatic carbocycles. The van der Waals surface area contributed by atoms with Crippen molar-refractivity contribution in [3.05, 3.63) is 24.0 Å². The number of nitrogens with one attached hydrogen (secondary N) is 1. The standard InChI is InChI=1S/C13H19N3O/c1-3-14-10-5-8-12(15-9-10)13(17)16(4-2)11-6-7-11/h5,8-9,11,14H,3-4,6-7H2,1-2H3. The molecule has 0 spiro atoms. The third-order valence-corrected chi connectivity index (χ3v) is 2.95.